The topological polar surface area (TPSA) is 89.1 Å². The normalized spacial score (nSPS) is 16.2. The van der Waals surface area contributed by atoms with Gasteiger partial charge in [0.2, 0.25) is 5.91 Å². The zero-order chi connectivity index (χ0) is 18.4. The van der Waals surface area contributed by atoms with E-state index in [2.05, 4.69) is 10.4 Å². The van der Waals surface area contributed by atoms with Crippen molar-refractivity contribution in [2.24, 2.45) is 7.05 Å². The Bertz CT molecular complexity index is 1040. The molecule has 0 unspecified atom stereocenters. The summed E-state index contributed by atoms with van der Waals surface area (Å²) in [7, 11) is 1.79. The Kier molecular flexibility index (Phi) is 3.81. The van der Waals surface area contributed by atoms with Gasteiger partial charge in [-0.2, -0.15) is 5.10 Å². The molecule has 7 nitrogen and oxygen atoms in total. The number of hydrogen-bond acceptors (Lipinski definition) is 3. The Hall–Kier alpha value is -3.06. The number of hydrogen-bond donors (Lipinski definition) is 2. The van der Waals surface area contributed by atoms with Crippen LogP contribution >= 0.6 is 11.6 Å². The molecule has 1 aliphatic rings. The molecular weight excluding hydrogens is 356 g/mol. The highest BCUT2D eigenvalue weighted by Crippen LogP contribution is 2.42. The molecule has 8 heteroatoms. The first-order valence-corrected chi connectivity index (χ1v) is 8.35. The van der Waals surface area contributed by atoms with Crippen molar-refractivity contribution in [3.05, 3.63) is 64.7 Å². The van der Waals surface area contributed by atoms with E-state index in [0.29, 0.717) is 22.1 Å². The van der Waals surface area contributed by atoms with Gasteiger partial charge in [-0.1, -0.05) is 23.7 Å². The van der Waals surface area contributed by atoms with Crippen molar-refractivity contribution in [3.8, 4) is 5.69 Å². The molecule has 0 radical (unpaired) electrons. The Balaban J connectivity index is 2.00. The van der Waals surface area contributed by atoms with Gasteiger partial charge in [0.05, 0.1) is 28.3 Å². The van der Waals surface area contributed by atoms with Crippen molar-refractivity contribution in [1.29, 1.82) is 0 Å². The Morgan fingerprint density at radius 3 is 2.77 bits per heavy atom. The molecule has 1 amide bonds. The number of carbonyl (C=O) groups excluding carboxylic acids is 1. The fourth-order valence-corrected chi connectivity index (χ4v) is 3.60. The summed E-state index contributed by atoms with van der Waals surface area (Å²) in [6, 6.07) is 7.18. The molecule has 3 aromatic rings. The second-order valence-corrected chi connectivity index (χ2v) is 6.59. The van der Waals surface area contributed by atoms with E-state index >= 15 is 0 Å². The number of carbonyl (C=O) groups is 2. The van der Waals surface area contributed by atoms with Crippen LogP contribution in [0.15, 0.2) is 42.9 Å². The third-order valence-corrected chi connectivity index (χ3v) is 4.82. The first-order valence-electron chi connectivity index (χ1n) is 7.97. The van der Waals surface area contributed by atoms with Crippen molar-refractivity contribution in [1.82, 2.24) is 14.3 Å². The van der Waals surface area contributed by atoms with Gasteiger partial charge in [0.15, 0.2) is 0 Å². The molecule has 0 fully saturated rings. The average Bonchev–Trinajstić information content (AvgIpc) is 3.18. The van der Waals surface area contributed by atoms with E-state index in [1.807, 2.05) is 18.3 Å². The molecule has 0 spiro atoms. The highest BCUT2D eigenvalue weighted by Gasteiger charge is 2.35. The van der Waals surface area contributed by atoms with E-state index in [1.165, 1.54) is 6.20 Å². The lowest BCUT2D eigenvalue weighted by Crippen LogP contribution is -2.25. The molecule has 2 N–H and O–H groups in total. The molecular formula is C18H15ClN4O3. The molecule has 1 aromatic carbocycles. The Labute approximate surface area is 153 Å². The number of aromatic carboxylic acids is 1. The predicted octanol–water partition coefficient (Wildman–Crippen LogP) is 3.04. The van der Waals surface area contributed by atoms with Gasteiger partial charge in [0.25, 0.3) is 0 Å². The zero-order valence-electron chi connectivity index (χ0n) is 13.8. The van der Waals surface area contributed by atoms with E-state index in [9.17, 15) is 14.7 Å². The van der Waals surface area contributed by atoms with Gasteiger partial charge in [-0.05, 0) is 17.7 Å². The van der Waals surface area contributed by atoms with Crippen molar-refractivity contribution in [2.75, 3.05) is 5.32 Å². The number of fused-ring (bicyclic) bond motifs is 1. The molecule has 0 saturated carbocycles. The molecule has 0 saturated heterocycles. The monoisotopic (exact) mass is 370 g/mol. The van der Waals surface area contributed by atoms with Crippen LogP contribution in [0.4, 0.5) is 5.69 Å². The van der Waals surface area contributed by atoms with Gasteiger partial charge in [0.1, 0.15) is 5.56 Å². The number of rotatable bonds is 3. The third kappa shape index (κ3) is 2.57. The Morgan fingerprint density at radius 1 is 1.35 bits per heavy atom. The summed E-state index contributed by atoms with van der Waals surface area (Å²) in [5.41, 5.74) is 2.52. The minimum atomic E-state index is -1.11. The summed E-state index contributed by atoms with van der Waals surface area (Å²) in [6.07, 6.45) is 5.23. The maximum Gasteiger partial charge on any atom is 0.339 e. The lowest BCUT2D eigenvalue weighted by atomic mass is 9.90. The van der Waals surface area contributed by atoms with Crippen molar-refractivity contribution in [2.45, 2.75) is 12.3 Å². The minimum absolute atomic E-state index is 0.0295. The second-order valence-electron chi connectivity index (χ2n) is 6.18. The molecule has 1 atom stereocenters. The molecule has 3 heterocycles. The number of carboxylic acids is 1. The first-order chi connectivity index (χ1) is 12.5. The third-order valence-electron chi connectivity index (χ3n) is 4.50. The molecule has 4 rings (SSSR count). The lowest BCUT2D eigenvalue weighted by Gasteiger charge is -2.25. The SMILES string of the molecule is Cn1cc([C@@H]2CC(=O)Nc3c(C(=O)O)cn(-c4ccccc4Cl)c32)cn1. The van der Waals surface area contributed by atoms with Crippen LogP contribution in [0.5, 0.6) is 0 Å². The van der Waals surface area contributed by atoms with Crippen molar-refractivity contribution < 1.29 is 14.7 Å². The number of benzene rings is 1. The van der Waals surface area contributed by atoms with E-state index < -0.39 is 5.97 Å². The minimum Gasteiger partial charge on any atom is -0.478 e. The number of nitrogens with zero attached hydrogens (tertiary/aromatic N) is 3. The lowest BCUT2D eigenvalue weighted by molar-refractivity contribution is -0.116. The summed E-state index contributed by atoms with van der Waals surface area (Å²) in [5.74, 6) is -1.67. The number of aromatic nitrogens is 3. The Morgan fingerprint density at radius 2 is 2.12 bits per heavy atom. The van der Waals surface area contributed by atoms with Crippen LogP contribution in [0.3, 0.4) is 0 Å². The maximum atomic E-state index is 12.2. The van der Waals surface area contributed by atoms with E-state index in [1.54, 1.807) is 34.6 Å². The van der Waals surface area contributed by atoms with Gasteiger partial charge in [-0.15, -0.1) is 0 Å². The first kappa shape index (κ1) is 16.4. The van der Waals surface area contributed by atoms with Gasteiger partial charge in [0, 0.05) is 31.8 Å². The zero-order valence-corrected chi connectivity index (χ0v) is 14.6. The quantitative estimate of drug-likeness (QED) is 0.741. The van der Waals surface area contributed by atoms with Crippen LogP contribution in [0.1, 0.15) is 34.0 Å². The predicted molar refractivity (Wildman–Crippen MR) is 96.0 cm³/mol. The van der Waals surface area contributed by atoms with Crippen molar-refractivity contribution in [3.63, 3.8) is 0 Å². The van der Waals surface area contributed by atoms with Crippen LogP contribution in [0.2, 0.25) is 5.02 Å². The van der Waals surface area contributed by atoms with E-state index in [-0.39, 0.29) is 23.8 Å². The summed E-state index contributed by atoms with van der Waals surface area (Å²) >= 11 is 6.34. The van der Waals surface area contributed by atoms with E-state index in [4.69, 9.17) is 11.6 Å². The van der Waals surface area contributed by atoms with Gasteiger partial charge in [-0.25, -0.2) is 4.79 Å². The van der Waals surface area contributed by atoms with Crippen LogP contribution < -0.4 is 5.32 Å². The number of nitrogens with one attached hydrogen (secondary N) is 1. The summed E-state index contributed by atoms with van der Waals surface area (Å²) in [5, 5.41) is 17.0. The fraction of sp³-hybridized carbons (Fsp3) is 0.167. The molecule has 0 aliphatic carbocycles. The number of anilines is 1. The van der Waals surface area contributed by atoms with Crippen molar-refractivity contribution >= 4 is 29.2 Å². The van der Waals surface area contributed by atoms with Crippen LogP contribution in [0, 0.1) is 0 Å². The largest absolute Gasteiger partial charge is 0.478 e. The number of carboxylic acid groups (broad SMARTS) is 1. The maximum absolute atomic E-state index is 12.2. The number of aryl methyl sites for hydroxylation is 1. The van der Waals surface area contributed by atoms with Crippen LogP contribution in [-0.4, -0.2) is 31.3 Å². The summed E-state index contributed by atoms with van der Waals surface area (Å²) < 4.78 is 3.40. The van der Waals surface area contributed by atoms with Gasteiger partial charge in [-0.3, -0.25) is 9.48 Å². The molecule has 26 heavy (non-hydrogen) atoms. The highest BCUT2D eigenvalue weighted by molar-refractivity contribution is 6.32. The standard InChI is InChI=1S/C18H15ClN4O3/c1-22-8-10(7-20-22)11-6-15(24)21-16-12(18(25)26)9-23(17(11)16)14-5-3-2-4-13(14)19/h2-5,7-9,11H,6H2,1H3,(H,21,24)(H,25,26)/t11-/m0/s1. The number of amides is 1. The average molecular weight is 371 g/mol. The molecule has 1 aliphatic heterocycles. The number of para-hydroxylation sites is 1. The van der Waals surface area contributed by atoms with Crippen LogP contribution in [-0.2, 0) is 11.8 Å². The highest BCUT2D eigenvalue weighted by atomic mass is 35.5. The summed E-state index contributed by atoms with van der Waals surface area (Å²) in [4.78, 5) is 24.0. The van der Waals surface area contributed by atoms with E-state index in [0.717, 1.165) is 5.56 Å². The smallest absolute Gasteiger partial charge is 0.339 e. The molecule has 132 valence electrons. The molecule has 0 bridgehead atoms. The van der Waals surface area contributed by atoms with Crippen LogP contribution in [0.25, 0.3) is 5.69 Å². The number of halogens is 1. The van der Waals surface area contributed by atoms with Gasteiger partial charge < -0.3 is 15.0 Å². The summed E-state index contributed by atoms with van der Waals surface area (Å²) in [6.45, 7) is 0. The second kappa shape index (κ2) is 6.03. The fourth-order valence-electron chi connectivity index (χ4n) is 3.37. The van der Waals surface area contributed by atoms with Gasteiger partial charge >= 0.3 is 5.97 Å². The molecule has 2 aromatic heterocycles.